The highest BCUT2D eigenvalue weighted by Crippen LogP contribution is 2.65. The number of hydrogen-bond acceptors (Lipinski definition) is 1. The summed E-state index contributed by atoms with van der Waals surface area (Å²) in [6.45, 7) is 0. The van der Waals surface area contributed by atoms with Gasteiger partial charge in [-0.2, -0.15) is 0 Å². The zero-order valence-corrected chi connectivity index (χ0v) is 12.7. The van der Waals surface area contributed by atoms with Crippen LogP contribution in [0.2, 0.25) is 5.02 Å². The number of nitrogens with one attached hydrogen (secondary N) is 1. The molecule has 4 heteroatoms. The van der Waals surface area contributed by atoms with E-state index < -0.39 is 0 Å². The molecule has 1 amide bonds. The van der Waals surface area contributed by atoms with Gasteiger partial charge in [0.25, 0.3) is 5.91 Å². The predicted molar refractivity (Wildman–Crippen MR) is 78.2 cm³/mol. The van der Waals surface area contributed by atoms with Gasteiger partial charge in [0.05, 0.1) is 10.6 Å². The van der Waals surface area contributed by atoms with Crippen LogP contribution in [0.15, 0.2) is 22.7 Å². The maximum Gasteiger partial charge on any atom is 0.253 e. The number of fused-ring (bicyclic) bond motifs is 5. The van der Waals surface area contributed by atoms with Crippen LogP contribution in [0.3, 0.4) is 0 Å². The zero-order valence-electron chi connectivity index (χ0n) is 10.4. The minimum absolute atomic E-state index is 0.0231. The van der Waals surface area contributed by atoms with Crippen molar-refractivity contribution in [3.05, 3.63) is 33.3 Å². The fraction of sp³-hybridized carbons (Fsp3) is 0.533. The molecule has 4 atom stereocenters. The van der Waals surface area contributed by atoms with E-state index >= 15 is 0 Å². The third-order valence-electron chi connectivity index (χ3n) is 5.21. The minimum Gasteiger partial charge on any atom is -0.349 e. The first kappa shape index (κ1) is 12.2. The van der Waals surface area contributed by atoms with Gasteiger partial charge in [-0.15, -0.1) is 0 Å². The molecule has 0 aromatic heterocycles. The van der Waals surface area contributed by atoms with Gasteiger partial charge in [0.15, 0.2) is 0 Å². The van der Waals surface area contributed by atoms with Crippen LogP contribution in [0.1, 0.15) is 29.6 Å². The lowest BCUT2D eigenvalue weighted by Gasteiger charge is -2.11. The number of carbonyl (C=O) groups excluding carboxylic acids is 1. The van der Waals surface area contributed by atoms with Crippen molar-refractivity contribution in [1.82, 2.24) is 5.32 Å². The van der Waals surface area contributed by atoms with E-state index in [1.165, 1.54) is 19.3 Å². The predicted octanol–water partition coefficient (Wildman–Crippen LogP) is 3.88. The summed E-state index contributed by atoms with van der Waals surface area (Å²) < 4.78 is 0.887. The number of rotatable bonds is 2. The molecule has 0 heterocycles. The van der Waals surface area contributed by atoms with Crippen molar-refractivity contribution in [2.24, 2.45) is 23.7 Å². The van der Waals surface area contributed by atoms with Gasteiger partial charge in [0.2, 0.25) is 0 Å². The van der Waals surface area contributed by atoms with Gasteiger partial charge >= 0.3 is 0 Å². The quantitative estimate of drug-likeness (QED) is 0.870. The monoisotopic (exact) mass is 339 g/mol. The van der Waals surface area contributed by atoms with E-state index in [-0.39, 0.29) is 5.91 Å². The van der Waals surface area contributed by atoms with Crippen molar-refractivity contribution in [1.29, 1.82) is 0 Å². The Labute approximate surface area is 126 Å². The normalized spacial score (nSPS) is 38.1. The molecule has 0 aliphatic heterocycles. The third-order valence-corrected chi connectivity index (χ3v) is 6.03. The molecule has 3 fully saturated rings. The number of halogens is 2. The first-order valence-corrected chi connectivity index (χ1v) is 8.08. The van der Waals surface area contributed by atoms with E-state index in [0.717, 1.165) is 28.1 Å². The standard InChI is InChI=1S/C15H15BrClNO/c16-9-3-4-11(17)10(6-9)15(19)18-14-12-7-1-2-8(5-7)13(12)14/h3-4,6-8,12-14H,1-2,5H2,(H,18,19). The molecule has 3 aliphatic rings. The molecule has 2 bridgehead atoms. The number of benzene rings is 1. The van der Waals surface area contributed by atoms with Gasteiger partial charge in [-0.25, -0.2) is 0 Å². The van der Waals surface area contributed by atoms with Crippen LogP contribution in [0, 0.1) is 23.7 Å². The molecule has 4 unspecified atom stereocenters. The molecule has 0 spiro atoms. The van der Waals surface area contributed by atoms with Gasteiger partial charge in [0, 0.05) is 10.5 Å². The van der Waals surface area contributed by atoms with E-state index in [0.29, 0.717) is 16.6 Å². The molecule has 0 saturated heterocycles. The lowest BCUT2D eigenvalue weighted by molar-refractivity contribution is 0.0944. The molecule has 1 N–H and O–H groups in total. The molecular formula is C15H15BrClNO. The van der Waals surface area contributed by atoms with Gasteiger partial charge in [-0.05, 0) is 61.1 Å². The van der Waals surface area contributed by atoms with Crippen LogP contribution in [0.25, 0.3) is 0 Å². The zero-order chi connectivity index (χ0) is 13.1. The van der Waals surface area contributed by atoms with E-state index in [4.69, 9.17) is 11.6 Å². The van der Waals surface area contributed by atoms with Gasteiger partial charge in [-0.3, -0.25) is 4.79 Å². The summed E-state index contributed by atoms with van der Waals surface area (Å²) in [6, 6.07) is 5.82. The van der Waals surface area contributed by atoms with Crippen molar-refractivity contribution in [2.75, 3.05) is 0 Å². The molecular weight excluding hydrogens is 326 g/mol. The maximum atomic E-state index is 12.3. The number of amides is 1. The van der Waals surface area contributed by atoms with E-state index in [1.807, 2.05) is 6.07 Å². The molecule has 2 nitrogen and oxygen atoms in total. The van der Waals surface area contributed by atoms with Crippen molar-refractivity contribution in [2.45, 2.75) is 25.3 Å². The highest BCUT2D eigenvalue weighted by atomic mass is 79.9. The topological polar surface area (TPSA) is 29.1 Å². The second kappa shape index (κ2) is 4.23. The second-order valence-corrected chi connectivity index (χ2v) is 7.43. The van der Waals surface area contributed by atoms with Crippen molar-refractivity contribution >= 4 is 33.4 Å². The first-order chi connectivity index (χ1) is 9.15. The second-order valence-electron chi connectivity index (χ2n) is 6.11. The van der Waals surface area contributed by atoms with Crippen LogP contribution in [-0.2, 0) is 0 Å². The largest absolute Gasteiger partial charge is 0.349 e. The Hall–Kier alpha value is -0.540. The lowest BCUT2D eigenvalue weighted by Crippen LogP contribution is -2.30. The molecule has 3 aliphatic carbocycles. The summed E-state index contributed by atoms with van der Waals surface area (Å²) in [6.07, 6.45) is 4.14. The average Bonchev–Trinajstić information content (AvgIpc) is 2.80. The van der Waals surface area contributed by atoms with Gasteiger partial charge in [-0.1, -0.05) is 27.5 Å². The summed E-state index contributed by atoms with van der Waals surface area (Å²) >= 11 is 9.49. The lowest BCUT2D eigenvalue weighted by atomic mass is 10.0. The molecule has 19 heavy (non-hydrogen) atoms. The highest BCUT2D eigenvalue weighted by molar-refractivity contribution is 9.10. The van der Waals surface area contributed by atoms with E-state index in [2.05, 4.69) is 21.2 Å². The van der Waals surface area contributed by atoms with Crippen molar-refractivity contribution in [3.63, 3.8) is 0 Å². The summed E-state index contributed by atoms with van der Waals surface area (Å²) in [5, 5.41) is 3.72. The van der Waals surface area contributed by atoms with E-state index in [9.17, 15) is 4.79 Å². The third kappa shape index (κ3) is 1.85. The Morgan fingerprint density at radius 2 is 1.95 bits per heavy atom. The van der Waals surface area contributed by atoms with Crippen LogP contribution < -0.4 is 5.32 Å². The fourth-order valence-corrected chi connectivity index (χ4v) is 4.98. The Kier molecular flexibility index (Phi) is 2.72. The summed E-state index contributed by atoms with van der Waals surface area (Å²) in [4.78, 5) is 12.3. The van der Waals surface area contributed by atoms with Gasteiger partial charge < -0.3 is 5.32 Å². The smallest absolute Gasteiger partial charge is 0.253 e. The van der Waals surface area contributed by atoms with Crippen LogP contribution in [0.5, 0.6) is 0 Å². The van der Waals surface area contributed by atoms with Gasteiger partial charge in [0.1, 0.15) is 0 Å². The van der Waals surface area contributed by atoms with Crippen LogP contribution in [-0.4, -0.2) is 11.9 Å². The molecule has 0 radical (unpaired) electrons. The molecule has 3 saturated carbocycles. The SMILES string of the molecule is O=C(NC1C2C3CCC(C3)C12)c1cc(Br)ccc1Cl. The highest BCUT2D eigenvalue weighted by Gasteiger charge is 2.65. The molecule has 1 aromatic rings. The Balaban J connectivity index is 1.50. The molecule has 100 valence electrons. The molecule has 4 rings (SSSR count). The van der Waals surface area contributed by atoms with Crippen LogP contribution >= 0.6 is 27.5 Å². The summed E-state index contributed by atoms with van der Waals surface area (Å²) in [5.74, 6) is 3.24. The number of carbonyl (C=O) groups is 1. The maximum absolute atomic E-state index is 12.3. The Bertz CT molecular complexity index is 545. The minimum atomic E-state index is -0.0231. The van der Waals surface area contributed by atoms with Crippen molar-refractivity contribution in [3.8, 4) is 0 Å². The Morgan fingerprint density at radius 3 is 2.63 bits per heavy atom. The summed E-state index contributed by atoms with van der Waals surface area (Å²) in [7, 11) is 0. The van der Waals surface area contributed by atoms with Crippen LogP contribution in [0.4, 0.5) is 0 Å². The first-order valence-electron chi connectivity index (χ1n) is 6.91. The molecule has 1 aromatic carbocycles. The van der Waals surface area contributed by atoms with E-state index in [1.54, 1.807) is 12.1 Å². The average molecular weight is 341 g/mol. The fourth-order valence-electron chi connectivity index (χ4n) is 4.42. The number of hydrogen-bond donors (Lipinski definition) is 1. The van der Waals surface area contributed by atoms with Crippen molar-refractivity contribution < 1.29 is 4.79 Å². The Morgan fingerprint density at radius 1 is 1.26 bits per heavy atom. The summed E-state index contributed by atoms with van der Waals surface area (Å²) in [5.41, 5.74) is 0.577.